The van der Waals surface area contributed by atoms with Gasteiger partial charge >= 0.3 is 0 Å². The Hall–Kier alpha value is -2.40. The molecule has 122 valence electrons. The van der Waals surface area contributed by atoms with Crippen LogP contribution in [0, 0.1) is 5.82 Å². The SMILES string of the molecule is CNC(=O)c1ccc(C[NH+](C)CCOc2ccc(F)cc2)cc1. The average Bonchev–Trinajstić information content (AvgIpc) is 2.56. The molecule has 4 nitrogen and oxygen atoms in total. The maximum absolute atomic E-state index is 12.8. The number of likely N-dealkylation sites (N-methyl/N-ethyl adjacent to an activating group) is 1. The van der Waals surface area contributed by atoms with Gasteiger partial charge in [-0.15, -0.1) is 0 Å². The van der Waals surface area contributed by atoms with Gasteiger partial charge < -0.3 is 15.0 Å². The van der Waals surface area contributed by atoms with Gasteiger partial charge in [0.05, 0.1) is 7.05 Å². The molecule has 2 aromatic rings. The summed E-state index contributed by atoms with van der Waals surface area (Å²) in [5.41, 5.74) is 1.82. The van der Waals surface area contributed by atoms with Crippen molar-refractivity contribution in [2.75, 3.05) is 27.2 Å². The van der Waals surface area contributed by atoms with E-state index in [0.29, 0.717) is 17.9 Å². The van der Waals surface area contributed by atoms with E-state index in [4.69, 9.17) is 4.74 Å². The average molecular weight is 317 g/mol. The molecule has 1 unspecified atom stereocenters. The summed E-state index contributed by atoms with van der Waals surface area (Å²) < 4.78 is 18.4. The second kappa shape index (κ2) is 8.29. The second-order valence-corrected chi connectivity index (χ2v) is 5.46. The van der Waals surface area contributed by atoms with Gasteiger partial charge in [-0.05, 0) is 36.4 Å². The summed E-state index contributed by atoms with van der Waals surface area (Å²) in [5.74, 6) is 0.333. The van der Waals surface area contributed by atoms with Crippen molar-refractivity contribution in [2.24, 2.45) is 0 Å². The first-order valence-corrected chi connectivity index (χ1v) is 7.59. The fourth-order valence-electron chi connectivity index (χ4n) is 2.23. The van der Waals surface area contributed by atoms with E-state index >= 15 is 0 Å². The highest BCUT2D eigenvalue weighted by atomic mass is 19.1. The maximum atomic E-state index is 12.8. The number of benzene rings is 2. The fourth-order valence-corrected chi connectivity index (χ4v) is 2.23. The Kier molecular flexibility index (Phi) is 6.11. The highest BCUT2D eigenvalue weighted by Crippen LogP contribution is 2.10. The molecule has 0 fully saturated rings. The molecule has 0 saturated heterocycles. The molecule has 0 saturated carbocycles. The van der Waals surface area contributed by atoms with Crippen molar-refractivity contribution in [1.82, 2.24) is 5.32 Å². The first kappa shape index (κ1) is 17.0. The second-order valence-electron chi connectivity index (χ2n) is 5.46. The number of carbonyl (C=O) groups is 1. The molecule has 1 amide bonds. The first-order chi connectivity index (χ1) is 11.1. The molecular weight excluding hydrogens is 295 g/mol. The van der Waals surface area contributed by atoms with Gasteiger partial charge in [-0.3, -0.25) is 4.79 Å². The number of hydrogen-bond donors (Lipinski definition) is 2. The Morgan fingerprint density at radius 2 is 1.78 bits per heavy atom. The molecule has 0 aliphatic heterocycles. The van der Waals surface area contributed by atoms with Gasteiger partial charge in [-0.2, -0.15) is 0 Å². The van der Waals surface area contributed by atoms with Crippen LogP contribution in [-0.2, 0) is 6.54 Å². The van der Waals surface area contributed by atoms with Crippen LogP contribution in [0.15, 0.2) is 48.5 Å². The lowest BCUT2D eigenvalue weighted by Gasteiger charge is -2.15. The molecule has 1 atom stereocenters. The summed E-state index contributed by atoms with van der Waals surface area (Å²) in [6, 6.07) is 13.6. The number of hydrogen-bond acceptors (Lipinski definition) is 2. The van der Waals surface area contributed by atoms with E-state index in [2.05, 4.69) is 12.4 Å². The highest BCUT2D eigenvalue weighted by Gasteiger charge is 2.07. The van der Waals surface area contributed by atoms with Crippen molar-refractivity contribution >= 4 is 5.91 Å². The number of quaternary nitrogens is 1. The quantitative estimate of drug-likeness (QED) is 0.808. The third kappa shape index (κ3) is 5.38. The number of amides is 1. The van der Waals surface area contributed by atoms with Gasteiger partial charge in [0.1, 0.15) is 31.3 Å². The summed E-state index contributed by atoms with van der Waals surface area (Å²) in [6.45, 7) is 2.24. The summed E-state index contributed by atoms with van der Waals surface area (Å²) in [6.07, 6.45) is 0. The Bertz CT molecular complexity index is 626. The molecule has 0 aromatic heterocycles. The molecule has 0 aliphatic carbocycles. The van der Waals surface area contributed by atoms with Gasteiger partial charge in [0, 0.05) is 18.2 Å². The summed E-state index contributed by atoms with van der Waals surface area (Å²) in [4.78, 5) is 12.8. The highest BCUT2D eigenvalue weighted by molar-refractivity contribution is 5.93. The Morgan fingerprint density at radius 1 is 1.13 bits per heavy atom. The standard InChI is InChI=1S/C18H21FN2O2/c1-20-18(22)15-5-3-14(4-6-15)13-21(2)11-12-23-17-9-7-16(19)8-10-17/h3-10H,11-13H2,1-2H3,(H,20,22)/p+1. The number of halogens is 1. The van der Waals surface area contributed by atoms with E-state index in [-0.39, 0.29) is 11.7 Å². The monoisotopic (exact) mass is 317 g/mol. The maximum Gasteiger partial charge on any atom is 0.251 e. The lowest BCUT2D eigenvalue weighted by Crippen LogP contribution is -3.08. The van der Waals surface area contributed by atoms with Crippen molar-refractivity contribution in [3.63, 3.8) is 0 Å². The normalized spacial score (nSPS) is 11.8. The molecule has 23 heavy (non-hydrogen) atoms. The van der Waals surface area contributed by atoms with Gasteiger partial charge in [0.25, 0.3) is 5.91 Å². The Labute approximate surface area is 135 Å². The van der Waals surface area contributed by atoms with E-state index in [1.165, 1.54) is 17.0 Å². The molecule has 0 spiro atoms. The number of ether oxygens (including phenoxy) is 1. The predicted octanol–water partition coefficient (Wildman–Crippen LogP) is 1.28. The molecule has 0 heterocycles. The molecule has 0 radical (unpaired) electrons. The van der Waals surface area contributed by atoms with Crippen molar-refractivity contribution in [3.8, 4) is 5.75 Å². The summed E-state index contributed by atoms with van der Waals surface area (Å²) in [5, 5.41) is 2.60. The van der Waals surface area contributed by atoms with E-state index in [9.17, 15) is 9.18 Å². The molecule has 2 N–H and O–H groups in total. The number of nitrogens with one attached hydrogen (secondary N) is 2. The van der Waals surface area contributed by atoms with Crippen molar-refractivity contribution in [3.05, 3.63) is 65.5 Å². The molecule has 5 heteroatoms. The Balaban J connectivity index is 1.77. The lowest BCUT2D eigenvalue weighted by molar-refractivity contribution is -0.893. The zero-order chi connectivity index (χ0) is 16.7. The minimum atomic E-state index is -0.264. The third-order valence-corrected chi connectivity index (χ3v) is 3.56. The van der Waals surface area contributed by atoms with Crippen molar-refractivity contribution in [2.45, 2.75) is 6.54 Å². The predicted molar refractivity (Wildman–Crippen MR) is 87.2 cm³/mol. The van der Waals surface area contributed by atoms with E-state index in [0.717, 1.165) is 18.7 Å². The van der Waals surface area contributed by atoms with Crippen LogP contribution in [0.3, 0.4) is 0 Å². The largest absolute Gasteiger partial charge is 0.488 e. The molecular formula is C18H22FN2O2+. The smallest absolute Gasteiger partial charge is 0.251 e. The van der Waals surface area contributed by atoms with Gasteiger partial charge in [0.2, 0.25) is 0 Å². The minimum Gasteiger partial charge on any atom is -0.488 e. The van der Waals surface area contributed by atoms with Crippen LogP contribution >= 0.6 is 0 Å². The van der Waals surface area contributed by atoms with Gasteiger partial charge in [0.15, 0.2) is 0 Å². The minimum absolute atomic E-state index is 0.0788. The molecule has 0 aliphatic rings. The Morgan fingerprint density at radius 3 is 2.39 bits per heavy atom. The molecule has 0 bridgehead atoms. The van der Waals surface area contributed by atoms with E-state index in [1.807, 2.05) is 24.3 Å². The van der Waals surface area contributed by atoms with E-state index < -0.39 is 0 Å². The third-order valence-electron chi connectivity index (χ3n) is 3.56. The van der Waals surface area contributed by atoms with Crippen molar-refractivity contribution < 1.29 is 18.8 Å². The topological polar surface area (TPSA) is 42.8 Å². The van der Waals surface area contributed by atoms with Gasteiger partial charge in [-0.1, -0.05) is 12.1 Å². The zero-order valence-corrected chi connectivity index (χ0v) is 13.4. The van der Waals surface area contributed by atoms with Crippen LogP contribution in [0.4, 0.5) is 4.39 Å². The van der Waals surface area contributed by atoms with Crippen LogP contribution in [-0.4, -0.2) is 33.2 Å². The summed E-state index contributed by atoms with van der Waals surface area (Å²) in [7, 11) is 3.70. The van der Waals surface area contributed by atoms with Crippen LogP contribution < -0.4 is 15.0 Å². The van der Waals surface area contributed by atoms with Crippen LogP contribution in [0.1, 0.15) is 15.9 Å². The van der Waals surface area contributed by atoms with Crippen LogP contribution in [0.5, 0.6) is 5.75 Å². The number of rotatable bonds is 7. The van der Waals surface area contributed by atoms with E-state index in [1.54, 1.807) is 19.2 Å². The zero-order valence-electron chi connectivity index (χ0n) is 13.4. The van der Waals surface area contributed by atoms with Crippen molar-refractivity contribution in [1.29, 1.82) is 0 Å². The van der Waals surface area contributed by atoms with Gasteiger partial charge in [-0.25, -0.2) is 4.39 Å². The lowest BCUT2D eigenvalue weighted by atomic mass is 10.1. The van der Waals surface area contributed by atoms with Crippen LogP contribution in [0.2, 0.25) is 0 Å². The molecule has 2 rings (SSSR count). The molecule has 2 aromatic carbocycles. The fraction of sp³-hybridized carbons (Fsp3) is 0.278. The van der Waals surface area contributed by atoms with Crippen LogP contribution in [0.25, 0.3) is 0 Å². The summed E-state index contributed by atoms with van der Waals surface area (Å²) >= 11 is 0. The first-order valence-electron chi connectivity index (χ1n) is 7.59. The number of carbonyl (C=O) groups excluding carboxylic acids is 1.